The number of hydrogen-bond acceptors (Lipinski definition) is 3. The van der Waals surface area contributed by atoms with E-state index in [1.165, 1.54) is 0 Å². The number of rotatable bonds is 5. The van der Waals surface area contributed by atoms with E-state index in [0.29, 0.717) is 6.42 Å². The predicted molar refractivity (Wildman–Crippen MR) is 76.4 cm³/mol. The van der Waals surface area contributed by atoms with Crippen molar-refractivity contribution in [2.75, 3.05) is 6.54 Å². The zero-order valence-corrected chi connectivity index (χ0v) is 11.2. The molecule has 104 valence electrons. The monoisotopic (exact) mass is 270 g/mol. The number of amides is 1. The Kier molecular flexibility index (Phi) is 3.78. The Morgan fingerprint density at radius 1 is 1.35 bits per heavy atom. The zero-order valence-electron chi connectivity index (χ0n) is 11.2. The van der Waals surface area contributed by atoms with E-state index < -0.39 is 0 Å². The van der Waals surface area contributed by atoms with Gasteiger partial charge in [-0.25, -0.2) is 4.68 Å². The van der Waals surface area contributed by atoms with Crippen LogP contribution in [0.4, 0.5) is 0 Å². The number of benzene rings is 1. The van der Waals surface area contributed by atoms with Crippen molar-refractivity contribution in [3.8, 4) is 5.69 Å². The van der Waals surface area contributed by atoms with E-state index in [2.05, 4.69) is 15.7 Å². The van der Waals surface area contributed by atoms with Crippen molar-refractivity contribution in [1.82, 2.24) is 20.4 Å². The van der Waals surface area contributed by atoms with Gasteiger partial charge in [0, 0.05) is 37.3 Å². The van der Waals surface area contributed by atoms with Crippen molar-refractivity contribution in [3.63, 3.8) is 0 Å². The molecule has 0 spiro atoms. The molecule has 1 aromatic heterocycles. The molecule has 5 heteroatoms. The van der Waals surface area contributed by atoms with Gasteiger partial charge in [-0.2, -0.15) is 5.10 Å². The molecule has 0 saturated carbocycles. The molecule has 1 aliphatic heterocycles. The van der Waals surface area contributed by atoms with Crippen molar-refractivity contribution in [2.24, 2.45) is 0 Å². The zero-order chi connectivity index (χ0) is 13.8. The van der Waals surface area contributed by atoms with Crippen LogP contribution in [0.2, 0.25) is 0 Å². The Hall–Kier alpha value is -2.14. The third kappa shape index (κ3) is 3.05. The standard InChI is InChI=1S/C15H18N4O/c20-15-7-6-13(18-15)10-16-8-12-9-17-19(11-12)14-4-2-1-3-5-14/h1-5,9,11,13,16H,6-8,10H2,(H,18,20). The third-order valence-electron chi connectivity index (χ3n) is 3.46. The summed E-state index contributed by atoms with van der Waals surface area (Å²) in [5.41, 5.74) is 2.19. The van der Waals surface area contributed by atoms with E-state index in [1.54, 1.807) is 0 Å². The molecule has 1 saturated heterocycles. The minimum Gasteiger partial charge on any atom is -0.352 e. The summed E-state index contributed by atoms with van der Waals surface area (Å²) < 4.78 is 1.87. The van der Waals surface area contributed by atoms with E-state index in [4.69, 9.17) is 0 Å². The number of para-hydroxylation sites is 1. The summed E-state index contributed by atoms with van der Waals surface area (Å²) >= 11 is 0. The van der Waals surface area contributed by atoms with Gasteiger partial charge in [-0.3, -0.25) is 4.79 Å². The summed E-state index contributed by atoms with van der Waals surface area (Å²) in [6, 6.07) is 10.3. The summed E-state index contributed by atoms with van der Waals surface area (Å²) in [6.07, 6.45) is 5.47. The molecule has 1 atom stereocenters. The highest BCUT2D eigenvalue weighted by molar-refractivity contribution is 5.78. The largest absolute Gasteiger partial charge is 0.352 e. The van der Waals surface area contributed by atoms with Crippen LogP contribution in [0.3, 0.4) is 0 Å². The first-order valence-corrected chi connectivity index (χ1v) is 6.90. The highest BCUT2D eigenvalue weighted by atomic mass is 16.1. The number of aromatic nitrogens is 2. The maximum Gasteiger partial charge on any atom is 0.220 e. The SMILES string of the molecule is O=C1CCC(CNCc2cnn(-c3ccccc3)c2)N1. The maximum atomic E-state index is 11.1. The molecule has 2 aromatic rings. The van der Waals surface area contributed by atoms with Crippen LogP contribution in [0.5, 0.6) is 0 Å². The molecule has 1 amide bonds. The van der Waals surface area contributed by atoms with Gasteiger partial charge < -0.3 is 10.6 Å². The van der Waals surface area contributed by atoms with Gasteiger partial charge >= 0.3 is 0 Å². The van der Waals surface area contributed by atoms with E-state index in [9.17, 15) is 4.79 Å². The first-order valence-electron chi connectivity index (χ1n) is 6.90. The third-order valence-corrected chi connectivity index (χ3v) is 3.46. The summed E-state index contributed by atoms with van der Waals surface area (Å²) in [5, 5.41) is 10.7. The van der Waals surface area contributed by atoms with Crippen LogP contribution < -0.4 is 10.6 Å². The molecule has 20 heavy (non-hydrogen) atoms. The van der Waals surface area contributed by atoms with Gasteiger partial charge in [-0.1, -0.05) is 18.2 Å². The fraction of sp³-hybridized carbons (Fsp3) is 0.333. The predicted octanol–water partition coefficient (Wildman–Crippen LogP) is 1.24. The molecule has 1 unspecified atom stereocenters. The Labute approximate surface area is 118 Å². The number of nitrogens with zero attached hydrogens (tertiary/aromatic N) is 2. The number of nitrogens with one attached hydrogen (secondary N) is 2. The lowest BCUT2D eigenvalue weighted by molar-refractivity contribution is -0.119. The summed E-state index contributed by atoms with van der Waals surface area (Å²) in [4.78, 5) is 11.1. The summed E-state index contributed by atoms with van der Waals surface area (Å²) in [5.74, 6) is 0.161. The molecule has 0 radical (unpaired) electrons. The van der Waals surface area contributed by atoms with Crippen LogP contribution in [-0.2, 0) is 11.3 Å². The van der Waals surface area contributed by atoms with Crippen molar-refractivity contribution in [1.29, 1.82) is 0 Å². The van der Waals surface area contributed by atoms with Crippen molar-refractivity contribution in [3.05, 3.63) is 48.3 Å². The van der Waals surface area contributed by atoms with Gasteiger partial charge in [0.15, 0.2) is 0 Å². The van der Waals surface area contributed by atoms with Crippen molar-refractivity contribution >= 4 is 5.91 Å². The maximum absolute atomic E-state index is 11.1. The first-order chi connectivity index (χ1) is 9.81. The van der Waals surface area contributed by atoms with E-state index >= 15 is 0 Å². The van der Waals surface area contributed by atoms with Crippen molar-refractivity contribution < 1.29 is 4.79 Å². The van der Waals surface area contributed by atoms with E-state index in [-0.39, 0.29) is 11.9 Å². The summed E-state index contributed by atoms with van der Waals surface area (Å²) in [6.45, 7) is 1.57. The Morgan fingerprint density at radius 3 is 2.95 bits per heavy atom. The lowest BCUT2D eigenvalue weighted by Gasteiger charge is -2.10. The van der Waals surface area contributed by atoms with Crippen LogP contribution in [0.1, 0.15) is 18.4 Å². The van der Waals surface area contributed by atoms with Gasteiger partial charge in [-0.15, -0.1) is 0 Å². The van der Waals surface area contributed by atoms with Crippen molar-refractivity contribution in [2.45, 2.75) is 25.4 Å². The highest BCUT2D eigenvalue weighted by Crippen LogP contribution is 2.08. The number of carbonyl (C=O) groups is 1. The summed E-state index contributed by atoms with van der Waals surface area (Å²) in [7, 11) is 0. The van der Waals surface area contributed by atoms with Crippen LogP contribution in [0, 0.1) is 0 Å². The van der Waals surface area contributed by atoms with Crippen LogP contribution >= 0.6 is 0 Å². The molecule has 3 rings (SSSR count). The molecule has 0 aliphatic carbocycles. The Morgan fingerprint density at radius 2 is 2.20 bits per heavy atom. The fourth-order valence-electron chi connectivity index (χ4n) is 2.39. The first kappa shape index (κ1) is 12.9. The molecular formula is C15H18N4O. The fourth-order valence-corrected chi connectivity index (χ4v) is 2.39. The lowest BCUT2D eigenvalue weighted by atomic mass is 10.2. The topological polar surface area (TPSA) is 59.0 Å². The van der Waals surface area contributed by atoms with Gasteiger partial charge in [0.2, 0.25) is 5.91 Å². The van der Waals surface area contributed by atoms with Gasteiger partial charge in [0.05, 0.1) is 11.9 Å². The van der Waals surface area contributed by atoms with E-state index in [1.807, 2.05) is 47.4 Å². The Bertz CT molecular complexity index is 579. The van der Waals surface area contributed by atoms with Gasteiger partial charge in [0.1, 0.15) is 0 Å². The smallest absolute Gasteiger partial charge is 0.220 e. The number of carbonyl (C=O) groups excluding carboxylic acids is 1. The average Bonchev–Trinajstić information content (AvgIpc) is 3.09. The van der Waals surface area contributed by atoms with Crippen LogP contribution in [0.25, 0.3) is 5.69 Å². The minimum absolute atomic E-state index is 0.161. The molecule has 1 fully saturated rings. The molecular weight excluding hydrogens is 252 g/mol. The molecule has 1 aromatic carbocycles. The molecule has 2 N–H and O–H groups in total. The van der Waals surface area contributed by atoms with Crippen LogP contribution in [-0.4, -0.2) is 28.3 Å². The lowest BCUT2D eigenvalue weighted by Crippen LogP contribution is -2.35. The van der Waals surface area contributed by atoms with Gasteiger partial charge in [-0.05, 0) is 18.6 Å². The van der Waals surface area contributed by atoms with E-state index in [0.717, 1.165) is 30.8 Å². The molecule has 1 aliphatic rings. The Balaban J connectivity index is 1.52. The molecule has 5 nitrogen and oxygen atoms in total. The van der Waals surface area contributed by atoms with Gasteiger partial charge in [0.25, 0.3) is 0 Å². The quantitative estimate of drug-likeness (QED) is 0.859. The van der Waals surface area contributed by atoms with Crippen LogP contribution in [0.15, 0.2) is 42.7 Å². The normalized spacial score (nSPS) is 18.2. The number of hydrogen-bond donors (Lipinski definition) is 2. The average molecular weight is 270 g/mol. The highest BCUT2D eigenvalue weighted by Gasteiger charge is 2.19. The molecule has 0 bridgehead atoms. The minimum atomic E-state index is 0.161. The second-order valence-corrected chi connectivity index (χ2v) is 5.06. The molecule has 2 heterocycles. The second-order valence-electron chi connectivity index (χ2n) is 5.06. The second kappa shape index (κ2) is 5.88.